The van der Waals surface area contributed by atoms with Crippen molar-refractivity contribution in [2.45, 2.75) is 13.8 Å². The lowest BCUT2D eigenvalue weighted by atomic mass is 10.2. The molecule has 0 aliphatic rings. The maximum absolute atomic E-state index is 12.1. The second-order valence-corrected chi connectivity index (χ2v) is 5.64. The van der Waals surface area contributed by atoms with Gasteiger partial charge in [0.1, 0.15) is 5.75 Å². The quantitative estimate of drug-likeness (QED) is 0.309. The van der Waals surface area contributed by atoms with E-state index in [0.29, 0.717) is 5.75 Å². The molecule has 3 rings (SSSR count). The van der Waals surface area contributed by atoms with E-state index in [9.17, 15) is 14.9 Å². The van der Waals surface area contributed by atoms with Crippen molar-refractivity contribution in [1.82, 2.24) is 4.57 Å². The lowest BCUT2D eigenvalue weighted by Crippen LogP contribution is -2.08. The first-order valence-corrected chi connectivity index (χ1v) is 7.68. The van der Waals surface area contributed by atoms with Gasteiger partial charge >= 0.3 is 5.97 Å². The number of nitro groups is 1. The van der Waals surface area contributed by atoms with Crippen molar-refractivity contribution >= 4 is 11.7 Å². The van der Waals surface area contributed by atoms with Crippen LogP contribution in [-0.4, -0.2) is 15.5 Å². The van der Waals surface area contributed by atoms with Crippen LogP contribution < -0.4 is 4.74 Å². The standard InChI is InChI=1S/C19H16N2O4/c1-13-3-4-14(2)20(13)16-9-11-18(12-10-16)25-19(22)15-5-7-17(8-6-15)21(23)24/h3-12H,1-2H3. The molecular weight excluding hydrogens is 320 g/mol. The first-order chi connectivity index (χ1) is 12.0. The Morgan fingerprint density at radius 3 is 2.00 bits per heavy atom. The number of rotatable bonds is 4. The summed E-state index contributed by atoms with van der Waals surface area (Å²) in [5.74, 6) is -0.148. The van der Waals surface area contributed by atoms with Crippen molar-refractivity contribution in [2.24, 2.45) is 0 Å². The lowest BCUT2D eigenvalue weighted by molar-refractivity contribution is -0.384. The van der Waals surface area contributed by atoms with E-state index < -0.39 is 10.9 Å². The molecule has 3 aromatic rings. The third-order valence-corrected chi connectivity index (χ3v) is 3.89. The van der Waals surface area contributed by atoms with Crippen molar-refractivity contribution in [3.8, 4) is 11.4 Å². The van der Waals surface area contributed by atoms with E-state index in [1.165, 1.54) is 24.3 Å². The lowest BCUT2D eigenvalue weighted by Gasteiger charge is -2.10. The maximum Gasteiger partial charge on any atom is 0.343 e. The Bertz CT molecular complexity index is 906. The number of non-ortho nitro benzene ring substituents is 1. The molecule has 0 atom stereocenters. The predicted molar refractivity (Wildman–Crippen MR) is 93.3 cm³/mol. The third-order valence-electron chi connectivity index (χ3n) is 3.89. The van der Waals surface area contributed by atoms with Crippen LogP contribution in [0.15, 0.2) is 60.7 Å². The van der Waals surface area contributed by atoms with Crippen LogP contribution in [0.3, 0.4) is 0 Å². The van der Waals surface area contributed by atoms with Crippen molar-refractivity contribution in [3.63, 3.8) is 0 Å². The zero-order valence-corrected chi connectivity index (χ0v) is 13.8. The summed E-state index contributed by atoms with van der Waals surface area (Å²) in [4.78, 5) is 22.2. The van der Waals surface area contributed by atoms with E-state index in [4.69, 9.17) is 4.74 Å². The summed E-state index contributed by atoms with van der Waals surface area (Å²) in [6.45, 7) is 4.05. The molecule has 0 saturated carbocycles. The molecule has 0 bridgehead atoms. The Hall–Kier alpha value is -3.41. The zero-order valence-electron chi connectivity index (χ0n) is 13.8. The molecule has 6 heteroatoms. The third kappa shape index (κ3) is 3.42. The van der Waals surface area contributed by atoms with Gasteiger partial charge in [0.15, 0.2) is 0 Å². The number of esters is 1. The van der Waals surface area contributed by atoms with Crippen molar-refractivity contribution in [1.29, 1.82) is 0 Å². The molecule has 0 saturated heterocycles. The van der Waals surface area contributed by atoms with Crippen molar-refractivity contribution in [3.05, 3.63) is 87.7 Å². The first-order valence-electron chi connectivity index (χ1n) is 7.68. The van der Waals surface area contributed by atoms with Gasteiger partial charge in [0.25, 0.3) is 5.69 Å². The van der Waals surface area contributed by atoms with Crippen LogP contribution in [0.1, 0.15) is 21.7 Å². The number of nitro benzene ring substituents is 1. The fourth-order valence-electron chi connectivity index (χ4n) is 2.62. The SMILES string of the molecule is Cc1ccc(C)n1-c1ccc(OC(=O)c2ccc([N+](=O)[O-])cc2)cc1. The van der Waals surface area contributed by atoms with Crippen LogP contribution >= 0.6 is 0 Å². The maximum atomic E-state index is 12.1. The minimum Gasteiger partial charge on any atom is -0.423 e. The molecule has 25 heavy (non-hydrogen) atoms. The zero-order chi connectivity index (χ0) is 18.0. The Morgan fingerprint density at radius 2 is 1.48 bits per heavy atom. The van der Waals surface area contributed by atoms with Crippen LogP contribution in [0.5, 0.6) is 5.75 Å². The minimum absolute atomic E-state index is 0.0710. The topological polar surface area (TPSA) is 74.4 Å². The molecule has 126 valence electrons. The fraction of sp³-hybridized carbons (Fsp3) is 0.105. The normalized spacial score (nSPS) is 10.5. The summed E-state index contributed by atoms with van der Waals surface area (Å²) in [6.07, 6.45) is 0. The van der Waals surface area contributed by atoms with Gasteiger partial charge in [-0.3, -0.25) is 10.1 Å². The van der Waals surface area contributed by atoms with Crippen molar-refractivity contribution in [2.75, 3.05) is 0 Å². The molecule has 0 amide bonds. The Kier molecular flexibility index (Phi) is 4.35. The average Bonchev–Trinajstić information content (AvgIpc) is 2.94. The van der Waals surface area contributed by atoms with E-state index in [2.05, 4.69) is 4.57 Å². The number of nitrogens with zero attached hydrogens (tertiary/aromatic N) is 2. The number of aryl methyl sites for hydroxylation is 2. The molecule has 2 aromatic carbocycles. The van der Waals surface area contributed by atoms with Gasteiger partial charge in [0.05, 0.1) is 10.5 Å². The summed E-state index contributed by atoms with van der Waals surface area (Å²) >= 11 is 0. The number of ether oxygens (including phenoxy) is 1. The van der Waals surface area contributed by atoms with Gasteiger partial charge in [-0.2, -0.15) is 0 Å². The van der Waals surface area contributed by atoms with Crippen LogP contribution in [0.25, 0.3) is 5.69 Å². The molecule has 0 radical (unpaired) electrons. The Balaban J connectivity index is 1.75. The smallest absolute Gasteiger partial charge is 0.343 e. The summed E-state index contributed by atoms with van der Waals surface area (Å²) in [7, 11) is 0. The molecule has 0 fully saturated rings. The van der Waals surface area contributed by atoms with E-state index in [1.807, 2.05) is 38.1 Å². The molecule has 0 unspecified atom stereocenters. The van der Waals surface area contributed by atoms with E-state index in [-0.39, 0.29) is 11.3 Å². The highest BCUT2D eigenvalue weighted by Gasteiger charge is 2.12. The monoisotopic (exact) mass is 336 g/mol. The van der Waals surface area contributed by atoms with Crippen LogP contribution in [-0.2, 0) is 0 Å². The molecule has 6 nitrogen and oxygen atoms in total. The van der Waals surface area contributed by atoms with E-state index in [0.717, 1.165) is 17.1 Å². The molecule has 1 aromatic heterocycles. The molecule has 0 spiro atoms. The number of carbonyl (C=O) groups excluding carboxylic acids is 1. The second-order valence-electron chi connectivity index (χ2n) is 5.64. The molecule has 0 aliphatic heterocycles. The van der Waals surface area contributed by atoms with Crippen LogP contribution in [0, 0.1) is 24.0 Å². The molecular formula is C19H16N2O4. The Labute approximate surface area is 144 Å². The van der Waals surface area contributed by atoms with Crippen LogP contribution in [0.2, 0.25) is 0 Å². The van der Waals surface area contributed by atoms with Gasteiger partial charge in [0, 0.05) is 29.2 Å². The fourth-order valence-corrected chi connectivity index (χ4v) is 2.62. The summed E-state index contributed by atoms with van der Waals surface area (Å²) in [5.41, 5.74) is 3.40. The predicted octanol–water partition coefficient (Wildman–Crippen LogP) is 4.22. The molecule has 0 aliphatic carbocycles. The highest BCUT2D eigenvalue weighted by Crippen LogP contribution is 2.21. The van der Waals surface area contributed by atoms with Gasteiger partial charge in [-0.05, 0) is 62.4 Å². The number of hydrogen-bond acceptors (Lipinski definition) is 4. The van der Waals surface area contributed by atoms with E-state index in [1.54, 1.807) is 12.1 Å². The van der Waals surface area contributed by atoms with Crippen LogP contribution in [0.4, 0.5) is 5.69 Å². The summed E-state index contributed by atoms with van der Waals surface area (Å²) < 4.78 is 7.41. The minimum atomic E-state index is -0.559. The number of hydrogen-bond donors (Lipinski definition) is 0. The molecule has 1 heterocycles. The highest BCUT2D eigenvalue weighted by molar-refractivity contribution is 5.91. The van der Waals surface area contributed by atoms with Gasteiger partial charge in [0.2, 0.25) is 0 Å². The number of benzene rings is 2. The summed E-state index contributed by atoms with van der Waals surface area (Å²) in [5, 5.41) is 10.6. The van der Waals surface area contributed by atoms with Crippen molar-refractivity contribution < 1.29 is 14.5 Å². The molecule has 0 N–H and O–H groups in total. The van der Waals surface area contributed by atoms with E-state index >= 15 is 0 Å². The first kappa shape index (κ1) is 16.4. The summed E-state index contributed by atoms with van der Waals surface area (Å²) in [6, 6.07) is 16.6. The second kappa shape index (κ2) is 6.60. The van der Waals surface area contributed by atoms with Gasteiger partial charge in [-0.15, -0.1) is 0 Å². The average molecular weight is 336 g/mol. The van der Waals surface area contributed by atoms with Gasteiger partial charge in [-0.1, -0.05) is 0 Å². The van der Waals surface area contributed by atoms with Gasteiger partial charge < -0.3 is 9.30 Å². The number of carbonyl (C=O) groups is 1. The number of aromatic nitrogens is 1. The van der Waals surface area contributed by atoms with Gasteiger partial charge in [-0.25, -0.2) is 4.79 Å². The Morgan fingerprint density at radius 1 is 0.920 bits per heavy atom. The highest BCUT2D eigenvalue weighted by atomic mass is 16.6. The largest absolute Gasteiger partial charge is 0.423 e.